The van der Waals surface area contributed by atoms with E-state index in [1.165, 1.54) is 11.1 Å². The molecular formula is C19H23NO2S. The Kier molecular flexibility index (Phi) is 5.60. The molecule has 0 bridgehead atoms. The third-order valence-corrected chi connectivity index (χ3v) is 5.44. The van der Waals surface area contributed by atoms with E-state index in [9.17, 15) is 0 Å². The van der Waals surface area contributed by atoms with Gasteiger partial charge < -0.3 is 14.8 Å². The molecule has 0 aromatic heterocycles. The van der Waals surface area contributed by atoms with E-state index in [0.717, 1.165) is 30.3 Å². The number of aryl methyl sites for hydroxylation is 1. The lowest BCUT2D eigenvalue weighted by atomic mass is 10.0. The zero-order valence-electron chi connectivity index (χ0n) is 13.6. The second kappa shape index (κ2) is 7.86. The first-order chi connectivity index (χ1) is 11.3. The fourth-order valence-electron chi connectivity index (χ4n) is 2.75. The number of rotatable bonds is 5. The first kappa shape index (κ1) is 16.4. The van der Waals surface area contributed by atoms with Crippen LogP contribution in [0.3, 0.4) is 0 Å². The molecule has 2 aromatic carbocycles. The van der Waals surface area contributed by atoms with Gasteiger partial charge in [0, 0.05) is 13.1 Å². The fraction of sp³-hybridized carbons (Fsp3) is 0.368. The van der Waals surface area contributed by atoms with Crippen LogP contribution in [0.2, 0.25) is 0 Å². The number of para-hydroxylation sites is 1. The van der Waals surface area contributed by atoms with Gasteiger partial charge in [-0.1, -0.05) is 42.0 Å². The largest absolute Gasteiger partial charge is 0.496 e. The van der Waals surface area contributed by atoms with Gasteiger partial charge in [0.25, 0.3) is 0 Å². The molecule has 0 radical (unpaired) electrons. The van der Waals surface area contributed by atoms with Crippen LogP contribution in [-0.2, 0) is 4.74 Å². The van der Waals surface area contributed by atoms with Crippen LogP contribution in [0.4, 0.5) is 0 Å². The van der Waals surface area contributed by atoms with Gasteiger partial charge in [-0.3, -0.25) is 0 Å². The molecule has 0 saturated carbocycles. The lowest BCUT2D eigenvalue weighted by molar-refractivity contribution is 0.0273. The van der Waals surface area contributed by atoms with Crippen molar-refractivity contribution in [2.45, 2.75) is 23.2 Å². The third kappa shape index (κ3) is 4.08. The number of hydrogen-bond donors (Lipinski definition) is 1. The van der Waals surface area contributed by atoms with Crippen LogP contribution in [0.1, 0.15) is 16.4 Å². The molecule has 1 aliphatic rings. The highest BCUT2D eigenvalue weighted by Crippen LogP contribution is 2.42. The van der Waals surface area contributed by atoms with Gasteiger partial charge in [-0.25, -0.2) is 0 Å². The van der Waals surface area contributed by atoms with Crippen LogP contribution in [0.25, 0.3) is 0 Å². The van der Waals surface area contributed by atoms with Crippen molar-refractivity contribution in [3.63, 3.8) is 0 Å². The van der Waals surface area contributed by atoms with Crippen molar-refractivity contribution in [2.24, 2.45) is 0 Å². The van der Waals surface area contributed by atoms with Crippen molar-refractivity contribution in [3.05, 3.63) is 59.7 Å². The molecular weight excluding hydrogens is 306 g/mol. The minimum absolute atomic E-state index is 0.154. The Labute approximate surface area is 142 Å². The molecule has 2 aromatic rings. The van der Waals surface area contributed by atoms with Gasteiger partial charge in [-0.15, -0.1) is 11.8 Å². The highest BCUT2D eigenvalue weighted by molar-refractivity contribution is 7.99. The molecule has 1 fully saturated rings. The van der Waals surface area contributed by atoms with E-state index >= 15 is 0 Å². The number of thioether (sulfide) groups is 1. The summed E-state index contributed by atoms with van der Waals surface area (Å²) in [4.78, 5) is 1.15. The minimum Gasteiger partial charge on any atom is -0.496 e. The summed E-state index contributed by atoms with van der Waals surface area (Å²) in [6.45, 7) is 4.68. The van der Waals surface area contributed by atoms with Crippen molar-refractivity contribution >= 4 is 11.8 Å². The smallest absolute Gasteiger partial charge is 0.132 e. The predicted molar refractivity (Wildman–Crippen MR) is 95.4 cm³/mol. The topological polar surface area (TPSA) is 30.5 Å². The Balaban J connectivity index is 1.89. The maximum Gasteiger partial charge on any atom is 0.132 e. The second-order valence-corrected chi connectivity index (χ2v) is 6.90. The monoisotopic (exact) mass is 329 g/mol. The van der Waals surface area contributed by atoms with E-state index in [1.54, 1.807) is 7.11 Å². The normalized spacial score (nSPS) is 19.3. The summed E-state index contributed by atoms with van der Waals surface area (Å²) in [6.07, 6.45) is 0.154. The van der Waals surface area contributed by atoms with Crippen LogP contribution in [0, 0.1) is 6.92 Å². The lowest BCUT2D eigenvalue weighted by Gasteiger charge is -2.31. The van der Waals surface area contributed by atoms with Gasteiger partial charge >= 0.3 is 0 Å². The minimum atomic E-state index is 0.154. The van der Waals surface area contributed by atoms with Gasteiger partial charge in [0.2, 0.25) is 0 Å². The van der Waals surface area contributed by atoms with Gasteiger partial charge in [0.1, 0.15) is 5.75 Å². The molecule has 1 heterocycles. The molecule has 4 heteroatoms. The molecule has 122 valence electrons. The van der Waals surface area contributed by atoms with Crippen molar-refractivity contribution in [2.75, 3.05) is 26.8 Å². The molecule has 1 unspecified atom stereocenters. The molecule has 3 nitrogen and oxygen atoms in total. The summed E-state index contributed by atoms with van der Waals surface area (Å²) >= 11 is 1.82. The molecule has 0 aliphatic carbocycles. The maximum absolute atomic E-state index is 6.05. The van der Waals surface area contributed by atoms with E-state index in [2.05, 4.69) is 48.6 Å². The van der Waals surface area contributed by atoms with Gasteiger partial charge in [0.15, 0.2) is 0 Å². The Bertz CT molecular complexity index is 624. The Morgan fingerprint density at radius 1 is 1.17 bits per heavy atom. The summed E-state index contributed by atoms with van der Waals surface area (Å²) in [7, 11) is 1.72. The Hall–Kier alpha value is -1.49. The van der Waals surface area contributed by atoms with Crippen LogP contribution < -0.4 is 10.1 Å². The van der Waals surface area contributed by atoms with E-state index in [4.69, 9.17) is 9.47 Å². The molecule has 3 rings (SSSR count). The summed E-state index contributed by atoms with van der Waals surface area (Å²) < 4.78 is 11.6. The number of hydrogen-bond acceptors (Lipinski definition) is 4. The Morgan fingerprint density at radius 2 is 1.96 bits per heavy atom. The van der Waals surface area contributed by atoms with E-state index in [1.807, 2.05) is 23.9 Å². The van der Waals surface area contributed by atoms with Crippen LogP contribution in [0.15, 0.2) is 53.4 Å². The number of benzene rings is 2. The van der Waals surface area contributed by atoms with Crippen molar-refractivity contribution in [1.82, 2.24) is 5.32 Å². The summed E-state index contributed by atoms with van der Waals surface area (Å²) in [6, 6.07) is 16.9. The molecule has 2 atom stereocenters. The first-order valence-electron chi connectivity index (χ1n) is 7.96. The van der Waals surface area contributed by atoms with Gasteiger partial charge in [-0.2, -0.15) is 0 Å². The standard InChI is InChI=1S/C19H23NO2S/c1-14-7-9-15(10-8-14)19(17-13-20-11-12-22-17)23-18-6-4-3-5-16(18)21-2/h3-10,17,19-20H,11-13H2,1-2H3/t17-,19?/m1/s1. The van der Waals surface area contributed by atoms with Crippen LogP contribution in [-0.4, -0.2) is 32.9 Å². The van der Waals surface area contributed by atoms with Crippen LogP contribution >= 0.6 is 11.8 Å². The van der Waals surface area contributed by atoms with E-state index in [0.29, 0.717) is 0 Å². The van der Waals surface area contributed by atoms with E-state index < -0.39 is 0 Å². The first-order valence-corrected chi connectivity index (χ1v) is 8.84. The predicted octanol–water partition coefficient (Wildman–Crippen LogP) is 3.83. The molecule has 23 heavy (non-hydrogen) atoms. The fourth-order valence-corrected chi connectivity index (χ4v) is 4.07. The lowest BCUT2D eigenvalue weighted by Crippen LogP contribution is -2.41. The average Bonchev–Trinajstić information content (AvgIpc) is 2.61. The summed E-state index contributed by atoms with van der Waals surface area (Å²) in [5.74, 6) is 0.915. The molecule has 1 aliphatic heterocycles. The SMILES string of the molecule is COc1ccccc1SC(c1ccc(C)cc1)[C@H]1CNCCO1. The van der Waals surface area contributed by atoms with Crippen LogP contribution in [0.5, 0.6) is 5.75 Å². The second-order valence-electron chi connectivity index (χ2n) is 5.71. The number of methoxy groups -OCH3 is 1. The highest BCUT2D eigenvalue weighted by atomic mass is 32.2. The van der Waals surface area contributed by atoms with Crippen molar-refractivity contribution < 1.29 is 9.47 Å². The average molecular weight is 329 g/mol. The third-order valence-electron chi connectivity index (χ3n) is 4.02. The number of morpholine rings is 1. The molecule has 0 amide bonds. The quantitative estimate of drug-likeness (QED) is 0.845. The number of ether oxygens (including phenoxy) is 2. The van der Waals surface area contributed by atoms with E-state index in [-0.39, 0.29) is 11.4 Å². The molecule has 1 saturated heterocycles. The highest BCUT2D eigenvalue weighted by Gasteiger charge is 2.27. The van der Waals surface area contributed by atoms with Crippen molar-refractivity contribution in [3.8, 4) is 5.75 Å². The zero-order chi connectivity index (χ0) is 16.1. The molecule has 1 N–H and O–H groups in total. The van der Waals surface area contributed by atoms with Crippen molar-refractivity contribution in [1.29, 1.82) is 0 Å². The van der Waals surface area contributed by atoms with Gasteiger partial charge in [0.05, 0.1) is 30.0 Å². The zero-order valence-corrected chi connectivity index (χ0v) is 14.4. The molecule has 0 spiro atoms. The maximum atomic E-state index is 6.05. The number of nitrogens with one attached hydrogen (secondary N) is 1. The summed E-state index contributed by atoms with van der Waals surface area (Å²) in [5, 5.41) is 3.68. The van der Waals surface area contributed by atoms with Gasteiger partial charge in [-0.05, 0) is 24.6 Å². The summed E-state index contributed by atoms with van der Waals surface area (Å²) in [5.41, 5.74) is 2.57. The Morgan fingerprint density at radius 3 is 2.65 bits per heavy atom.